The average Bonchev–Trinajstić information content (AvgIpc) is 4.00. The van der Waals surface area contributed by atoms with E-state index in [9.17, 15) is 0 Å². The van der Waals surface area contributed by atoms with Crippen molar-refractivity contribution >= 4 is 110 Å². The van der Waals surface area contributed by atoms with E-state index in [-0.39, 0.29) is 53.2 Å². The van der Waals surface area contributed by atoms with E-state index in [1.165, 1.54) is 16.3 Å². The van der Waals surface area contributed by atoms with Crippen LogP contribution in [0.2, 0.25) is 21.3 Å². The molecular weight excluding hydrogens is 1190 g/mol. The Hall–Kier alpha value is -4.16. The van der Waals surface area contributed by atoms with Gasteiger partial charge in [-0.1, -0.05) is 173 Å². The van der Waals surface area contributed by atoms with Crippen molar-refractivity contribution in [1.82, 2.24) is 9.55 Å². The van der Waals surface area contributed by atoms with Crippen LogP contribution in [0, 0.1) is 18.8 Å². The summed E-state index contributed by atoms with van der Waals surface area (Å²) in [6.45, 7) is 41.4. The minimum atomic E-state index is -0.825. The van der Waals surface area contributed by atoms with Crippen molar-refractivity contribution in [2.24, 2.45) is 0 Å². The Morgan fingerprint density at radius 1 is 0.500 bits per heavy atom. The molecule has 5 heterocycles. The number of rotatable bonds is 9. The van der Waals surface area contributed by atoms with E-state index in [2.05, 4.69) is 261 Å². The standard InChI is InChI=1S/C62H77B6N4O6S.Pt/c1-57(2,3)44-32-33-69-55(38-44)72-51-27-20-19-26-47(51)48-31-30-43(35-54(48)72)40-79-39-42-24-23-25-46(34-42)70-41-71(53-29-22-21-28-52(53)70)56-49(63-73-65(59(7,8)9)77-66(74-63)60(10,11)12)36-45(58(4,5)6)37-50(56)64-75-67(61(13,14)15)78-68(76-64)62(16,17)18;/h19-33,36-38,41H,39-40H2,1-18H3;/q-3;. The van der Waals surface area contributed by atoms with Crippen LogP contribution < -0.4 is 20.7 Å². The van der Waals surface area contributed by atoms with Gasteiger partial charge in [0.1, 0.15) is 5.82 Å². The normalized spacial score (nSPS) is 16.1. The average molecular weight is 1270 g/mol. The fourth-order valence-corrected chi connectivity index (χ4v) is 11.2. The van der Waals surface area contributed by atoms with Gasteiger partial charge in [0.25, 0.3) is 0 Å². The smallest absolute Gasteiger partial charge is 0.468 e. The number of anilines is 4. The molecule has 3 aliphatic rings. The topological polar surface area (TPSA) is 79.7 Å². The maximum atomic E-state index is 7.06. The van der Waals surface area contributed by atoms with Crippen molar-refractivity contribution in [2.75, 3.05) is 9.80 Å². The van der Waals surface area contributed by atoms with E-state index >= 15 is 0 Å². The van der Waals surface area contributed by atoms with Gasteiger partial charge in [-0.05, 0) is 90.4 Å². The van der Waals surface area contributed by atoms with Crippen LogP contribution in [0.1, 0.15) is 147 Å². The molecule has 0 radical (unpaired) electrons. The minimum Gasteiger partial charge on any atom is -0.493 e. The number of fused-ring (bicyclic) bond motifs is 4. The Morgan fingerprint density at radius 3 is 1.52 bits per heavy atom. The van der Waals surface area contributed by atoms with Crippen molar-refractivity contribution in [3.8, 4) is 5.82 Å². The van der Waals surface area contributed by atoms with Gasteiger partial charge in [0.15, 0.2) is 0 Å². The number of hydrogen-bond donors (Lipinski definition) is 0. The van der Waals surface area contributed by atoms with E-state index in [0.29, 0.717) is 0 Å². The van der Waals surface area contributed by atoms with Gasteiger partial charge in [0.05, 0.1) is 0 Å². The monoisotopic (exact) mass is 1270 g/mol. The van der Waals surface area contributed by atoms with Gasteiger partial charge in [-0.15, -0.1) is 17.7 Å². The Bertz CT molecular complexity index is 3260. The molecule has 0 amide bonds. The Balaban J connectivity index is 0.00000774. The SMILES string of the molecule is CC(C)(C)B1OB(c2cc(C(C)(C)C)cc(B3OB(C(C)(C)C)OB(C(C)(C)C)O3)c2N2[CH-]N(c3[c-]c(CSCc4[c-]c5c(cc4)c4ccccc4n5-c4cc(C(C)(C)C)ccn4)ccc3)c3ccccc32)OB(C(C)(C)C)O1.[Pt]. The van der Waals surface area contributed by atoms with Crippen LogP contribution in [0.3, 0.4) is 0 Å². The Morgan fingerprint density at radius 2 is 1.00 bits per heavy atom. The molecule has 10 rings (SSSR count). The molecule has 0 aliphatic carbocycles. The molecular formula is C62H77B6N4O6PtS-3. The van der Waals surface area contributed by atoms with Gasteiger partial charge in [-0.2, -0.15) is 65.4 Å². The third-order valence-electron chi connectivity index (χ3n) is 14.8. The molecule has 0 N–H and O–H groups in total. The van der Waals surface area contributed by atoms with Gasteiger partial charge in [-0.25, -0.2) is 4.98 Å². The van der Waals surface area contributed by atoms with Crippen LogP contribution in [-0.2, 0) is 70.8 Å². The third kappa shape index (κ3) is 12.5. The summed E-state index contributed by atoms with van der Waals surface area (Å²) in [7, 11) is -3.93. The number of para-hydroxylation sites is 3. The first-order valence-corrected chi connectivity index (χ1v) is 29.2. The fraction of sp³-hybridized carbons (Fsp3) is 0.419. The summed E-state index contributed by atoms with van der Waals surface area (Å²) in [6.07, 6.45) is 1.93. The van der Waals surface area contributed by atoms with Crippen molar-refractivity contribution in [3.63, 3.8) is 0 Å². The number of hydrogen-bond acceptors (Lipinski definition) is 10. The molecule has 2 fully saturated rings. The second kappa shape index (κ2) is 22.4. The molecule has 0 unspecified atom stereocenters. The molecule has 0 bridgehead atoms. The molecule has 7 aromatic rings. The Labute approximate surface area is 499 Å². The fourth-order valence-electron chi connectivity index (χ4n) is 10.3. The third-order valence-corrected chi connectivity index (χ3v) is 15.9. The van der Waals surface area contributed by atoms with Gasteiger partial charge < -0.3 is 41.8 Å². The molecule has 0 spiro atoms. The zero-order valence-electron chi connectivity index (χ0n) is 50.3. The Kier molecular flexibility index (Phi) is 17.0. The first-order chi connectivity index (χ1) is 36.9. The van der Waals surface area contributed by atoms with Crippen molar-refractivity contribution < 1.29 is 48.5 Å². The minimum absolute atomic E-state index is 0. The molecule has 80 heavy (non-hydrogen) atoms. The second-order valence-electron chi connectivity index (χ2n) is 28.2. The molecule has 2 aromatic heterocycles. The van der Waals surface area contributed by atoms with Gasteiger partial charge >= 0.3 is 42.7 Å². The molecule has 5 aromatic carbocycles. The molecule has 18 heteroatoms. The largest absolute Gasteiger partial charge is 0.493 e. The van der Waals surface area contributed by atoms with Crippen LogP contribution in [0.4, 0.5) is 22.7 Å². The predicted molar refractivity (Wildman–Crippen MR) is 336 cm³/mol. The van der Waals surface area contributed by atoms with Crippen LogP contribution in [0.15, 0.2) is 109 Å². The molecule has 10 nitrogen and oxygen atoms in total. The molecule has 0 saturated carbocycles. The maximum Gasteiger partial charge on any atom is 0.468 e. The zero-order chi connectivity index (χ0) is 56.8. The maximum absolute atomic E-state index is 7.06. The number of aromatic nitrogens is 2. The first-order valence-electron chi connectivity index (χ1n) is 28.1. The number of pyridine rings is 1. The molecule has 0 atom stereocenters. The summed E-state index contributed by atoms with van der Waals surface area (Å²) < 4.78 is 43.9. The summed E-state index contributed by atoms with van der Waals surface area (Å²) in [5.41, 5.74) is 11.9. The summed E-state index contributed by atoms with van der Waals surface area (Å²) in [5, 5.41) is 0.897. The number of benzene rings is 5. The van der Waals surface area contributed by atoms with Gasteiger partial charge in [0, 0.05) is 60.8 Å². The van der Waals surface area contributed by atoms with Crippen molar-refractivity contribution in [2.45, 2.75) is 168 Å². The second-order valence-corrected chi connectivity index (χ2v) is 29.2. The van der Waals surface area contributed by atoms with Gasteiger partial charge in [0.2, 0.25) is 0 Å². The van der Waals surface area contributed by atoms with E-state index in [1.54, 1.807) is 0 Å². The quantitative estimate of drug-likeness (QED) is 0.103. The number of thioether (sulfide) groups is 1. The predicted octanol–water partition coefficient (Wildman–Crippen LogP) is 14.9. The molecule has 3 aliphatic heterocycles. The van der Waals surface area contributed by atoms with E-state index in [4.69, 9.17) is 32.4 Å². The van der Waals surface area contributed by atoms with Crippen LogP contribution in [0.25, 0.3) is 27.6 Å². The van der Waals surface area contributed by atoms with Crippen LogP contribution in [-0.4, -0.2) is 52.3 Å². The van der Waals surface area contributed by atoms with Gasteiger partial charge in [-0.3, -0.25) is 0 Å². The molecule has 2 saturated heterocycles. The van der Waals surface area contributed by atoms with Crippen LogP contribution in [0.5, 0.6) is 0 Å². The number of nitrogens with zero attached hydrogens (tertiary/aromatic N) is 4. The van der Waals surface area contributed by atoms with Crippen LogP contribution >= 0.6 is 11.8 Å². The molecule has 418 valence electrons. The van der Waals surface area contributed by atoms with E-state index in [0.717, 1.165) is 78.7 Å². The van der Waals surface area contributed by atoms with Crippen molar-refractivity contribution in [1.29, 1.82) is 0 Å². The summed E-state index contributed by atoms with van der Waals surface area (Å²) in [6, 6.07) is 44.6. The first kappa shape index (κ1) is 60.4. The summed E-state index contributed by atoms with van der Waals surface area (Å²) in [5.74, 6) is 2.43. The van der Waals surface area contributed by atoms with Crippen molar-refractivity contribution in [3.05, 3.63) is 150 Å². The summed E-state index contributed by atoms with van der Waals surface area (Å²) >= 11 is 1.86. The summed E-state index contributed by atoms with van der Waals surface area (Å²) in [4.78, 5) is 9.41. The zero-order valence-corrected chi connectivity index (χ0v) is 53.4. The van der Waals surface area contributed by atoms with E-state index < -0.39 is 42.7 Å². The van der Waals surface area contributed by atoms with E-state index in [1.807, 2.05) is 18.0 Å².